The van der Waals surface area contributed by atoms with Gasteiger partial charge in [-0.25, -0.2) is 0 Å². The molecule has 0 unspecified atom stereocenters. The van der Waals surface area contributed by atoms with Gasteiger partial charge in [0.2, 0.25) is 6.10 Å². The van der Waals surface area contributed by atoms with Gasteiger partial charge in [-0.05, 0) is 29.8 Å². The third-order valence-electron chi connectivity index (χ3n) is 4.68. The molecule has 3 aromatic carbocycles. The summed E-state index contributed by atoms with van der Waals surface area (Å²) >= 11 is 0. The van der Waals surface area contributed by atoms with Crippen LogP contribution in [0, 0.1) is 0 Å². The maximum absolute atomic E-state index is 13.3. The van der Waals surface area contributed by atoms with Gasteiger partial charge in [-0.1, -0.05) is 65.8 Å². The third-order valence-corrected chi connectivity index (χ3v) is 4.68. The second-order valence-corrected chi connectivity index (χ2v) is 6.60. The molecule has 0 bridgehead atoms. The van der Waals surface area contributed by atoms with E-state index in [1.54, 1.807) is 23.1 Å². The second kappa shape index (κ2) is 7.96. The summed E-state index contributed by atoms with van der Waals surface area (Å²) in [6.45, 7) is 0.440. The Balaban J connectivity index is 1.56. The van der Waals surface area contributed by atoms with Crippen LogP contribution in [-0.2, 0) is 16.2 Å². The number of anilines is 1. The van der Waals surface area contributed by atoms with Crippen LogP contribution in [0.1, 0.15) is 17.5 Å². The molecule has 1 atom stereocenters. The number of nitrogens with zero attached hydrogens (tertiary/aromatic N) is 2. The van der Waals surface area contributed by atoms with Crippen LogP contribution in [-0.4, -0.2) is 22.8 Å². The molecule has 5 nitrogen and oxygen atoms in total. The number of phenols is 1. The lowest BCUT2D eigenvalue weighted by atomic mass is 10.0. The lowest BCUT2D eigenvalue weighted by Crippen LogP contribution is -2.39. The molecule has 0 fully saturated rings. The van der Waals surface area contributed by atoms with Crippen molar-refractivity contribution in [1.82, 2.24) is 0 Å². The topological polar surface area (TPSA) is 62.1 Å². The average Bonchev–Trinajstić information content (AvgIpc) is 3.23. The fourth-order valence-corrected chi connectivity index (χ4v) is 3.23. The van der Waals surface area contributed by atoms with E-state index in [9.17, 15) is 9.90 Å². The summed E-state index contributed by atoms with van der Waals surface area (Å²) in [7, 11) is 0. The summed E-state index contributed by atoms with van der Waals surface area (Å²) < 4.78 is 0. The van der Waals surface area contributed by atoms with Gasteiger partial charge in [-0.15, -0.1) is 0 Å². The standard InChI is InChI=1S/C23H20N2O3/c26-21-14-8-7-13-19(21)20-15-22(28-24-20)23(27)25(18-11-5-2-6-12-18)16-17-9-3-1-4-10-17/h1-14,22,26H,15-16H2/t22-/m0/s1. The van der Waals surface area contributed by atoms with Crippen LogP contribution in [0.5, 0.6) is 5.75 Å². The highest BCUT2D eigenvalue weighted by molar-refractivity contribution is 6.08. The number of rotatable bonds is 5. The van der Waals surface area contributed by atoms with Gasteiger partial charge in [0.15, 0.2) is 0 Å². The highest BCUT2D eigenvalue weighted by Gasteiger charge is 2.33. The molecule has 0 aliphatic carbocycles. The normalized spacial score (nSPS) is 15.6. The van der Waals surface area contributed by atoms with Crippen LogP contribution >= 0.6 is 0 Å². The van der Waals surface area contributed by atoms with Crippen molar-refractivity contribution in [3.05, 3.63) is 96.1 Å². The Morgan fingerprint density at radius 1 is 0.964 bits per heavy atom. The summed E-state index contributed by atoms with van der Waals surface area (Å²) in [5, 5.41) is 14.1. The van der Waals surface area contributed by atoms with Crippen LogP contribution < -0.4 is 4.90 Å². The average molecular weight is 372 g/mol. The van der Waals surface area contributed by atoms with Gasteiger partial charge in [-0.2, -0.15) is 0 Å². The van der Waals surface area contributed by atoms with E-state index in [0.717, 1.165) is 11.3 Å². The summed E-state index contributed by atoms with van der Waals surface area (Å²) in [5.74, 6) is -0.0358. The monoisotopic (exact) mass is 372 g/mol. The molecular weight excluding hydrogens is 352 g/mol. The first-order valence-electron chi connectivity index (χ1n) is 9.14. The van der Waals surface area contributed by atoms with Crippen LogP contribution in [0.3, 0.4) is 0 Å². The molecule has 1 aliphatic rings. The fourth-order valence-electron chi connectivity index (χ4n) is 3.23. The number of hydrogen-bond donors (Lipinski definition) is 1. The summed E-state index contributed by atoms with van der Waals surface area (Å²) in [5.41, 5.74) is 2.99. The maximum atomic E-state index is 13.3. The minimum Gasteiger partial charge on any atom is -0.507 e. The van der Waals surface area contributed by atoms with Gasteiger partial charge < -0.3 is 14.8 Å². The van der Waals surface area contributed by atoms with E-state index >= 15 is 0 Å². The van der Waals surface area contributed by atoms with E-state index in [1.807, 2.05) is 66.7 Å². The number of phenolic OH excluding ortho intramolecular Hbond substituents is 1. The second-order valence-electron chi connectivity index (χ2n) is 6.60. The van der Waals surface area contributed by atoms with Crippen molar-refractivity contribution >= 4 is 17.3 Å². The van der Waals surface area contributed by atoms with Gasteiger partial charge >= 0.3 is 0 Å². The van der Waals surface area contributed by atoms with E-state index in [2.05, 4.69) is 5.16 Å². The fraction of sp³-hybridized carbons (Fsp3) is 0.130. The minimum atomic E-state index is -0.724. The van der Waals surface area contributed by atoms with Crippen molar-refractivity contribution in [2.45, 2.75) is 19.1 Å². The number of benzene rings is 3. The van der Waals surface area contributed by atoms with Gasteiger partial charge in [0.1, 0.15) is 5.75 Å². The van der Waals surface area contributed by atoms with E-state index in [0.29, 0.717) is 24.2 Å². The molecule has 4 rings (SSSR count). The van der Waals surface area contributed by atoms with Crippen LogP contribution in [0.15, 0.2) is 90.1 Å². The molecular formula is C23H20N2O3. The molecule has 0 spiro atoms. The van der Waals surface area contributed by atoms with Gasteiger partial charge in [0.25, 0.3) is 5.91 Å². The Labute approximate surface area is 163 Å². The quantitative estimate of drug-likeness (QED) is 0.733. The molecule has 28 heavy (non-hydrogen) atoms. The van der Waals surface area contributed by atoms with Crippen molar-refractivity contribution in [2.75, 3.05) is 4.90 Å². The third kappa shape index (κ3) is 3.74. The number of hydrogen-bond acceptors (Lipinski definition) is 4. The Kier molecular flexibility index (Phi) is 5.06. The number of amides is 1. The van der Waals surface area contributed by atoms with Crippen LogP contribution in [0.2, 0.25) is 0 Å². The van der Waals surface area contributed by atoms with Crippen LogP contribution in [0.4, 0.5) is 5.69 Å². The molecule has 5 heteroatoms. The van der Waals surface area contributed by atoms with E-state index < -0.39 is 6.10 Å². The van der Waals surface area contributed by atoms with Gasteiger partial charge in [0.05, 0.1) is 12.3 Å². The number of aromatic hydroxyl groups is 1. The Morgan fingerprint density at radius 2 is 1.61 bits per heavy atom. The van der Waals surface area contributed by atoms with E-state index in [1.165, 1.54) is 0 Å². The first-order chi connectivity index (χ1) is 13.7. The van der Waals surface area contributed by atoms with E-state index in [-0.39, 0.29) is 11.7 Å². The Bertz CT molecular complexity index is 987. The summed E-state index contributed by atoms with van der Waals surface area (Å²) in [6.07, 6.45) is -0.410. The van der Waals surface area contributed by atoms with Gasteiger partial charge in [-0.3, -0.25) is 4.79 Å². The lowest BCUT2D eigenvalue weighted by molar-refractivity contribution is -0.128. The smallest absolute Gasteiger partial charge is 0.271 e. The molecule has 0 saturated carbocycles. The molecule has 1 aliphatic heterocycles. The molecule has 0 aromatic heterocycles. The lowest BCUT2D eigenvalue weighted by Gasteiger charge is -2.25. The molecule has 1 heterocycles. The zero-order valence-corrected chi connectivity index (χ0v) is 15.2. The minimum absolute atomic E-state index is 0.127. The zero-order chi connectivity index (χ0) is 19.3. The highest BCUT2D eigenvalue weighted by Crippen LogP contribution is 2.26. The van der Waals surface area contributed by atoms with E-state index in [4.69, 9.17) is 4.84 Å². The van der Waals surface area contributed by atoms with Crippen molar-refractivity contribution in [3.63, 3.8) is 0 Å². The van der Waals surface area contributed by atoms with Crippen molar-refractivity contribution in [1.29, 1.82) is 0 Å². The molecule has 0 radical (unpaired) electrons. The van der Waals surface area contributed by atoms with Crippen molar-refractivity contribution < 1.29 is 14.7 Å². The number of para-hydroxylation sites is 2. The first-order valence-corrected chi connectivity index (χ1v) is 9.14. The zero-order valence-electron chi connectivity index (χ0n) is 15.2. The molecule has 1 N–H and O–H groups in total. The predicted molar refractivity (Wildman–Crippen MR) is 108 cm³/mol. The summed E-state index contributed by atoms with van der Waals surface area (Å²) in [6, 6.07) is 26.3. The first kappa shape index (κ1) is 17.8. The number of oxime groups is 1. The molecule has 0 saturated heterocycles. The molecule has 3 aromatic rings. The SMILES string of the molecule is O=C([C@@H]1CC(c2ccccc2O)=NO1)N(Cc1ccccc1)c1ccccc1. The Hall–Kier alpha value is -3.60. The van der Waals surface area contributed by atoms with Crippen LogP contribution in [0.25, 0.3) is 0 Å². The largest absolute Gasteiger partial charge is 0.507 e. The Morgan fingerprint density at radius 3 is 2.32 bits per heavy atom. The maximum Gasteiger partial charge on any atom is 0.271 e. The molecule has 1 amide bonds. The summed E-state index contributed by atoms with van der Waals surface area (Å²) in [4.78, 5) is 20.5. The highest BCUT2D eigenvalue weighted by atomic mass is 16.6. The number of carbonyl (C=O) groups is 1. The number of carbonyl (C=O) groups excluding carboxylic acids is 1. The van der Waals surface area contributed by atoms with Gasteiger partial charge in [0, 0.05) is 17.7 Å². The van der Waals surface area contributed by atoms with Crippen molar-refractivity contribution in [3.8, 4) is 5.75 Å². The molecule has 140 valence electrons. The van der Waals surface area contributed by atoms with Crippen molar-refractivity contribution in [2.24, 2.45) is 5.16 Å². The predicted octanol–water partition coefficient (Wildman–Crippen LogP) is 4.12.